The SMILES string of the molecule is C[C@@H](Oc1ccc(Cl)cc1Cl)C(=O)N1CCN(C)CC1. The number of amides is 1. The Labute approximate surface area is 129 Å². The molecule has 1 aromatic rings. The second-order valence-corrected chi connectivity index (χ2v) is 5.81. The number of hydrogen-bond acceptors (Lipinski definition) is 3. The number of ether oxygens (including phenoxy) is 1. The van der Waals surface area contributed by atoms with Crippen LogP contribution in [0.5, 0.6) is 5.75 Å². The Bertz CT molecular complexity index is 488. The molecule has 0 N–H and O–H groups in total. The third-order valence-corrected chi connectivity index (χ3v) is 3.89. The highest BCUT2D eigenvalue weighted by atomic mass is 35.5. The molecule has 1 aromatic carbocycles. The lowest BCUT2D eigenvalue weighted by Gasteiger charge is -2.33. The monoisotopic (exact) mass is 316 g/mol. The number of likely N-dealkylation sites (N-methyl/N-ethyl adjacent to an activating group) is 1. The van der Waals surface area contributed by atoms with Crippen molar-refractivity contribution in [1.82, 2.24) is 9.80 Å². The molecule has 0 saturated carbocycles. The average molecular weight is 317 g/mol. The van der Waals surface area contributed by atoms with E-state index in [1.165, 1.54) is 0 Å². The number of hydrogen-bond donors (Lipinski definition) is 0. The molecule has 1 fully saturated rings. The van der Waals surface area contributed by atoms with Crippen molar-refractivity contribution in [2.24, 2.45) is 0 Å². The van der Waals surface area contributed by atoms with Crippen molar-refractivity contribution in [1.29, 1.82) is 0 Å². The van der Waals surface area contributed by atoms with E-state index in [0.29, 0.717) is 15.8 Å². The highest BCUT2D eigenvalue weighted by molar-refractivity contribution is 6.35. The first-order valence-corrected chi connectivity index (χ1v) is 7.32. The third-order valence-electron chi connectivity index (χ3n) is 3.36. The minimum Gasteiger partial charge on any atom is -0.479 e. The van der Waals surface area contributed by atoms with E-state index in [1.54, 1.807) is 25.1 Å². The van der Waals surface area contributed by atoms with Crippen molar-refractivity contribution in [2.45, 2.75) is 13.0 Å². The minimum absolute atomic E-state index is 0.0101. The van der Waals surface area contributed by atoms with Gasteiger partial charge in [0.2, 0.25) is 0 Å². The lowest BCUT2D eigenvalue weighted by atomic mass is 10.2. The van der Waals surface area contributed by atoms with Crippen LogP contribution in [0.3, 0.4) is 0 Å². The molecule has 1 heterocycles. The molecule has 110 valence electrons. The summed E-state index contributed by atoms with van der Waals surface area (Å²) in [5.74, 6) is 0.468. The molecule has 1 aliphatic rings. The molecular formula is C14H18Cl2N2O2. The van der Waals surface area contributed by atoms with Crippen molar-refractivity contribution in [3.05, 3.63) is 28.2 Å². The molecule has 0 aliphatic carbocycles. The number of carbonyl (C=O) groups is 1. The van der Waals surface area contributed by atoms with Gasteiger partial charge in [0.1, 0.15) is 5.75 Å². The van der Waals surface area contributed by atoms with Crippen molar-refractivity contribution in [3.63, 3.8) is 0 Å². The predicted octanol–water partition coefficient (Wildman–Crippen LogP) is 2.53. The van der Waals surface area contributed by atoms with E-state index in [4.69, 9.17) is 27.9 Å². The van der Waals surface area contributed by atoms with E-state index >= 15 is 0 Å². The van der Waals surface area contributed by atoms with Gasteiger partial charge < -0.3 is 14.5 Å². The van der Waals surface area contributed by atoms with Gasteiger partial charge in [-0.05, 0) is 32.2 Å². The van der Waals surface area contributed by atoms with E-state index in [0.717, 1.165) is 26.2 Å². The van der Waals surface area contributed by atoms with E-state index in [2.05, 4.69) is 11.9 Å². The van der Waals surface area contributed by atoms with Crippen molar-refractivity contribution in [2.75, 3.05) is 33.2 Å². The zero-order valence-corrected chi connectivity index (χ0v) is 13.1. The van der Waals surface area contributed by atoms with Crippen LogP contribution in [0.1, 0.15) is 6.92 Å². The van der Waals surface area contributed by atoms with E-state index in [9.17, 15) is 4.79 Å². The maximum absolute atomic E-state index is 12.3. The van der Waals surface area contributed by atoms with Gasteiger partial charge in [-0.3, -0.25) is 4.79 Å². The molecular weight excluding hydrogens is 299 g/mol. The maximum Gasteiger partial charge on any atom is 0.263 e. The van der Waals surface area contributed by atoms with Crippen LogP contribution < -0.4 is 4.74 Å². The minimum atomic E-state index is -0.558. The summed E-state index contributed by atoms with van der Waals surface area (Å²) in [6.07, 6.45) is -0.558. The summed E-state index contributed by atoms with van der Waals surface area (Å²) >= 11 is 11.9. The zero-order valence-electron chi connectivity index (χ0n) is 11.6. The second-order valence-electron chi connectivity index (χ2n) is 4.96. The molecule has 0 radical (unpaired) electrons. The van der Waals surface area contributed by atoms with Crippen LogP contribution in [0, 0.1) is 0 Å². The summed E-state index contributed by atoms with van der Waals surface area (Å²) in [7, 11) is 2.05. The summed E-state index contributed by atoms with van der Waals surface area (Å²) in [5.41, 5.74) is 0. The Balaban J connectivity index is 1.97. The molecule has 1 atom stereocenters. The normalized spacial score (nSPS) is 17.9. The second kappa shape index (κ2) is 6.66. The summed E-state index contributed by atoms with van der Waals surface area (Å²) in [5, 5.41) is 0.955. The molecule has 1 aliphatic heterocycles. The van der Waals surface area contributed by atoms with Gasteiger partial charge in [0.15, 0.2) is 6.10 Å². The van der Waals surface area contributed by atoms with E-state index in [1.807, 2.05) is 4.90 Å². The van der Waals surface area contributed by atoms with Crippen LogP contribution in [0.25, 0.3) is 0 Å². The Kier molecular flexibility index (Phi) is 5.13. The van der Waals surface area contributed by atoms with Crippen LogP contribution >= 0.6 is 23.2 Å². The van der Waals surface area contributed by atoms with Gasteiger partial charge in [-0.2, -0.15) is 0 Å². The molecule has 1 amide bonds. The molecule has 1 saturated heterocycles. The Morgan fingerprint density at radius 3 is 2.50 bits per heavy atom. The number of benzene rings is 1. The first kappa shape index (κ1) is 15.4. The fraction of sp³-hybridized carbons (Fsp3) is 0.500. The van der Waals surface area contributed by atoms with Gasteiger partial charge in [0.05, 0.1) is 5.02 Å². The number of rotatable bonds is 3. The number of carbonyl (C=O) groups excluding carboxylic acids is 1. The molecule has 0 aromatic heterocycles. The van der Waals surface area contributed by atoms with Crippen LogP contribution in [-0.2, 0) is 4.79 Å². The number of halogens is 2. The van der Waals surface area contributed by atoms with Crippen LogP contribution in [0.2, 0.25) is 10.0 Å². The zero-order chi connectivity index (χ0) is 14.7. The number of piperazine rings is 1. The summed E-state index contributed by atoms with van der Waals surface area (Å²) in [6, 6.07) is 4.97. The lowest BCUT2D eigenvalue weighted by molar-refractivity contribution is -0.139. The van der Waals surface area contributed by atoms with Crippen LogP contribution in [-0.4, -0.2) is 55.0 Å². The largest absolute Gasteiger partial charge is 0.479 e. The first-order valence-electron chi connectivity index (χ1n) is 6.56. The molecule has 4 nitrogen and oxygen atoms in total. The summed E-state index contributed by atoms with van der Waals surface area (Å²) in [6.45, 7) is 4.99. The predicted molar refractivity (Wildman–Crippen MR) is 80.6 cm³/mol. The van der Waals surface area contributed by atoms with Crippen LogP contribution in [0.4, 0.5) is 0 Å². The van der Waals surface area contributed by atoms with Gasteiger partial charge in [-0.25, -0.2) is 0 Å². The third kappa shape index (κ3) is 3.78. The van der Waals surface area contributed by atoms with E-state index in [-0.39, 0.29) is 5.91 Å². The molecule has 20 heavy (non-hydrogen) atoms. The Morgan fingerprint density at radius 2 is 1.90 bits per heavy atom. The fourth-order valence-corrected chi connectivity index (χ4v) is 2.55. The fourth-order valence-electron chi connectivity index (χ4n) is 2.10. The lowest BCUT2D eigenvalue weighted by Crippen LogP contribution is -2.50. The van der Waals surface area contributed by atoms with Crippen molar-refractivity contribution < 1.29 is 9.53 Å². The van der Waals surface area contributed by atoms with Gasteiger partial charge in [-0.1, -0.05) is 23.2 Å². The van der Waals surface area contributed by atoms with Gasteiger partial charge in [-0.15, -0.1) is 0 Å². The molecule has 0 unspecified atom stereocenters. The molecule has 2 rings (SSSR count). The highest BCUT2D eigenvalue weighted by Crippen LogP contribution is 2.28. The molecule has 6 heteroatoms. The van der Waals surface area contributed by atoms with E-state index < -0.39 is 6.10 Å². The van der Waals surface area contributed by atoms with Gasteiger partial charge >= 0.3 is 0 Å². The van der Waals surface area contributed by atoms with Gasteiger partial charge in [0.25, 0.3) is 5.91 Å². The topological polar surface area (TPSA) is 32.8 Å². The van der Waals surface area contributed by atoms with Gasteiger partial charge in [0, 0.05) is 31.2 Å². The van der Waals surface area contributed by atoms with Crippen LogP contribution in [0.15, 0.2) is 18.2 Å². The first-order chi connectivity index (χ1) is 9.47. The highest BCUT2D eigenvalue weighted by Gasteiger charge is 2.25. The Morgan fingerprint density at radius 1 is 1.25 bits per heavy atom. The Hall–Kier alpha value is -0.970. The molecule has 0 spiro atoms. The standard InChI is InChI=1S/C14H18Cl2N2O2/c1-10(14(19)18-7-5-17(2)6-8-18)20-13-4-3-11(15)9-12(13)16/h3-4,9-10H,5-8H2,1-2H3/t10-/m1/s1. The summed E-state index contributed by atoms with van der Waals surface area (Å²) in [4.78, 5) is 16.3. The summed E-state index contributed by atoms with van der Waals surface area (Å²) < 4.78 is 5.65. The molecule has 0 bridgehead atoms. The average Bonchev–Trinajstić information content (AvgIpc) is 2.42. The quantitative estimate of drug-likeness (QED) is 0.859. The maximum atomic E-state index is 12.3. The van der Waals surface area contributed by atoms with Crippen molar-refractivity contribution >= 4 is 29.1 Å². The smallest absolute Gasteiger partial charge is 0.263 e. The van der Waals surface area contributed by atoms with Crippen molar-refractivity contribution in [3.8, 4) is 5.75 Å². The number of nitrogens with zero attached hydrogens (tertiary/aromatic N) is 2.